The second-order valence-electron chi connectivity index (χ2n) is 7.10. The topological polar surface area (TPSA) is 84.9 Å². The number of fused-ring (bicyclic) bond motifs is 1. The van der Waals surface area contributed by atoms with Crippen molar-refractivity contribution in [3.05, 3.63) is 54.1 Å². The summed E-state index contributed by atoms with van der Waals surface area (Å²) in [6.45, 7) is 0.654. The molecule has 7 nitrogen and oxygen atoms in total. The van der Waals surface area contributed by atoms with Crippen molar-refractivity contribution in [1.29, 1.82) is 0 Å². The highest BCUT2D eigenvalue weighted by atomic mass is 32.2. The number of methoxy groups -OCH3 is 2. The van der Waals surface area contributed by atoms with Crippen molar-refractivity contribution < 1.29 is 22.7 Å². The van der Waals surface area contributed by atoms with Crippen LogP contribution in [-0.4, -0.2) is 44.1 Å². The summed E-state index contributed by atoms with van der Waals surface area (Å²) in [5.41, 5.74) is 1.38. The first-order valence-electron chi connectivity index (χ1n) is 8.99. The lowest BCUT2D eigenvalue weighted by atomic mass is 10.2. The van der Waals surface area contributed by atoms with Gasteiger partial charge in [-0.3, -0.25) is 4.79 Å². The highest BCUT2D eigenvalue weighted by molar-refractivity contribution is 7.92. The molecule has 2 aromatic rings. The molecule has 8 heteroatoms. The summed E-state index contributed by atoms with van der Waals surface area (Å²) in [7, 11) is -0.708. The maximum Gasteiger partial charge on any atom is 0.247 e. The van der Waals surface area contributed by atoms with E-state index < -0.39 is 20.7 Å². The van der Waals surface area contributed by atoms with Crippen LogP contribution in [0.3, 0.4) is 0 Å². The van der Waals surface area contributed by atoms with Gasteiger partial charge in [0.05, 0.1) is 14.2 Å². The second kappa shape index (κ2) is 6.79. The molecular formula is C20H22N2O5S. The molecule has 0 unspecified atom stereocenters. The Morgan fingerprint density at radius 3 is 2.54 bits per heavy atom. The van der Waals surface area contributed by atoms with Gasteiger partial charge in [-0.25, -0.2) is 8.42 Å². The minimum Gasteiger partial charge on any atom is -0.493 e. The lowest BCUT2D eigenvalue weighted by Crippen LogP contribution is -2.41. The van der Waals surface area contributed by atoms with Gasteiger partial charge in [0.25, 0.3) is 0 Å². The average molecular weight is 402 g/mol. The summed E-state index contributed by atoms with van der Waals surface area (Å²) >= 11 is 0. The van der Waals surface area contributed by atoms with Crippen molar-refractivity contribution in [2.24, 2.45) is 5.92 Å². The molecule has 0 aromatic heterocycles. The fraction of sp³-hybridized carbons (Fsp3) is 0.350. The van der Waals surface area contributed by atoms with Gasteiger partial charge in [0, 0.05) is 30.8 Å². The Bertz CT molecular complexity index is 1010. The number of hydrogen-bond donors (Lipinski definition) is 1. The monoisotopic (exact) mass is 402 g/mol. The quantitative estimate of drug-likeness (QED) is 0.801. The number of hydrogen-bond acceptors (Lipinski definition) is 5. The first-order chi connectivity index (χ1) is 13.4. The molecule has 0 spiro atoms. The molecular weight excluding hydrogens is 380 g/mol. The van der Waals surface area contributed by atoms with Crippen molar-refractivity contribution in [3.63, 3.8) is 0 Å². The molecule has 1 saturated carbocycles. The summed E-state index contributed by atoms with van der Waals surface area (Å²) in [6.07, 6.45) is 0.361. The summed E-state index contributed by atoms with van der Waals surface area (Å²) in [4.78, 5) is 13.0. The maximum absolute atomic E-state index is 13.1. The molecule has 2 fully saturated rings. The van der Waals surface area contributed by atoms with Crippen molar-refractivity contribution in [2.75, 3.05) is 26.1 Å². The van der Waals surface area contributed by atoms with Crippen LogP contribution in [-0.2, 0) is 21.4 Å². The molecule has 1 aliphatic carbocycles. The van der Waals surface area contributed by atoms with Gasteiger partial charge in [-0.2, -0.15) is 4.31 Å². The summed E-state index contributed by atoms with van der Waals surface area (Å²) in [6, 6.07) is 14.4. The Labute approximate surface area is 164 Å². The minimum atomic E-state index is -3.73. The SMILES string of the molecule is COc1ccc(NC(=O)[C@]23C[C@H]2CN(Cc2ccccc2)S3(=O)=O)cc1OC. The van der Waals surface area contributed by atoms with Crippen LogP contribution in [0.1, 0.15) is 12.0 Å². The number of benzene rings is 2. The first-order valence-corrected chi connectivity index (χ1v) is 10.4. The van der Waals surface area contributed by atoms with Crippen LogP contribution >= 0.6 is 0 Å². The number of ether oxygens (including phenoxy) is 2. The van der Waals surface area contributed by atoms with Crippen LogP contribution in [0.5, 0.6) is 11.5 Å². The molecule has 0 radical (unpaired) electrons. The molecule has 2 aromatic carbocycles. The number of nitrogens with zero attached hydrogens (tertiary/aromatic N) is 1. The van der Waals surface area contributed by atoms with Gasteiger partial charge in [-0.1, -0.05) is 30.3 Å². The average Bonchev–Trinajstić information content (AvgIpc) is 3.39. The van der Waals surface area contributed by atoms with Gasteiger partial charge in [-0.05, 0) is 24.1 Å². The highest BCUT2D eigenvalue weighted by Crippen LogP contribution is 2.58. The predicted octanol–water partition coefficient (Wildman–Crippen LogP) is 2.25. The van der Waals surface area contributed by atoms with Gasteiger partial charge < -0.3 is 14.8 Å². The van der Waals surface area contributed by atoms with E-state index in [2.05, 4.69) is 5.32 Å². The van der Waals surface area contributed by atoms with Crippen molar-refractivity contribution >= 4 is 21.6 Å². The molecule has 2 aliphatic rings. The Hall–Kier alpha value is -2.58. The van der Waals surface area contributed by atoms with E-state index in [0.717, 1.165) is 5.56 Å². The number of amides is 1. The molecule has 4 rings (SSSR count). The highest BCUT2D eigenvalue weighted by Gasteiger charge is 2.75. The van der Waals surface area contributed by atoms with E-state index in [1.165, 1.54) is 18.5 Å². The molecule has 2 atom stereocenters. The number of rotatable bonds is 6. The Morgan fingerprint density at radius 1 is 1.14 bits per heavy atom. The number of nitrogens with one attached hydrogen (secondary N) is 1. The van der Waals surface area contributed by atoms with Crippen LogP contribution in [0.25, 0.3) is 0 Å². The van der Waals surface area contributed by atoms with Crippen LogP contribution in [0.2, 0.25) is 0 Å². The fourth-order valence-electron chi connectivity index (χ4n) is 3.89. The zero-order chi connectivity index (χ0) is 19.9. The van der Waals surface area contributed by atoms with Gasteiger partial charge >= 0.3 is 0 Å². The van der Waals surface area contributed by atoms with E-state index in [-0.39, 0.29) is 12.5 Å². The third-order valence-corrected chi connectivity index (χ3v) is 8.06. The van der Waals surface area contributed by atoms with E-state index in [0.29, 0.717) is 30.2 Å². The van der Waals surface area contributed by atoms with Crippen molar-refractivity contribution in [1.82, 2.24) is 4.31 Å². The number of carbonyl (C=O) groups is 1. The van der Waals surface area contributed by atoms with Crippen LogP contribution < -0.4 is 14.8 Å². The van der Waals surface area contributed by atoms with Crippen molar-refractivity contribution in [3.8, 4) is 11.5 Å². The Balaban J connectivity index is 1.54. The molecule has 1 N–H and O–H groups in total. The smallest absolute Gasteiger partial charge is 0.247 e. The molecule has 1 saturated heterocycles. The summed E-state index contributed by atoms with van der Waals surface area (Å²) < 4.78 is 36.8. The normalized spacial score (nSPS) is 25.0. The third kappa shape index (κ3) is 2.84. The van der Waals surface area contributed by atoms with Crippen LogP contribution in [0, 0.1) is 5.92 Å². The van der Waals surface area contributed by atoms with E-state index in [4.69, 9.17) is 9.47 Å². The molecule has 1 heterocycles. The molecule has 1 amide bonds. The lowest BCUT2D eigenvalue weighted by molar-refractivity contribution is -0.116. The largest absolute Gasteiger partial charge is 0.493 e. The predicted molar refractivity (Wildman–Crippen MR) is 105 cm³/mol. The zero-order valence-corrected chi connectivity index (χ0v) is 16.5. The van der Waals surface area contributed by atoms with Gasteiger partial charge in [0.1, 0.15) is 0 Å². The van der Waals surface area contributed by atoms with Gasteiger partial charge in [0.2, 0.25) is 15.9 Å². The molecule has 28 heavy (non-hydrogen) atoms. The van der Waals surface area contributed by atoms with Crippen molar-refractivity contribution in [2.45, 2.75) is 17.7 Å². The second-order valence-corrected chi connectivity index (χ2v) is 9.29. The number of anilines is 1. The summed E-state index contributed by atoms with van der Waals surface area (Å²) in [5, 5.41) is 2.75. The third-order valence-electron chi connectivity index (χ3n) is 5.50. The van der Waals surface area contributed by atoms with Crippen LogP contribution in [0.4, 0.5) is 5.69 Å². The molecule has 0 bridgehead atoms. The standard InChI is InChI=1S/C20H22N2O5S/c1-26-17-9-8-16(10-18(17)27-2)21-19(23)20-11-15(20)13-22(28(20,24)25)12-14-6-4-3-5-7-14/h3-10,15H,11-13H2,1-2H3,(H,21,23)/t15-,20-/m0/s1. The molecule has 148 valence electrons. The van der Waals surface area contributed by atoms with Gasteiger partial charge in [0.15, 0.2) is 16.2 Å². The lowest BCUT2D eigenvalue weighted by Gasteiger charge is -2.21. The molecule has 1 aliphatic heterocycles. The summed E-state index contributed by atoms with van der Waals surface area (Å²) in [5.74, 6) is 0.331. The van der Waals surface area contributed by atoms with Crippen LogP contribution in [0.15, 0.2) is 48.5 Å². The Kier molecular flexibility index (Phi) is 4.55. The van der Waals surface area contributed by atoms with E-state index in [1.54, 1.807) is 18.2 Å². The minimum absolute atomic E-state index is 0.179. The Morgan fingerprint density at radius 2 is 1.86 bits per heavy atom. The fourth-order valence-corrected chi connectivity index (χ4v) is 6.24. The van der Waals surface area contributed by atoms with Gasteiger partial charge in [-0.15, -0.1) is 0 Å². The van der Waals surface area contributed by atoms with E-state index in [9.17, 15) is 13.2 Å². The van der Waals surface area contributed by atoms with E-state index in [1.807, 2.05) is 30.3 Å². The maximum atomic E-state index is 13.1. The zero-order valence-electron chi connectivity index (χ0n) is 15.7. The number of sulfonamides is 1. The first kappa shape index (κ1) is 18.8. The number of carbonyl (C=O) groups excluding carboxylic acids is 1. The van der Waals surface area contributed by atoms with E-state index >= 15 is 0 Å².